The first-order valence-corrected chi connectivity index (χ1v) is 17.7. The van der Waals surface area contributed by atoms with E-state index in [1.807, 2.05) is 27.7 Å². The van der Waals surface area contributed by atoms with E-state index in [1.165, 1.54) is 11.1 Å². The van der Waals surface area contributed by atoms with Gasteiger partial charge in [-0.2, -0.15) is 0 Å². The molecule has 0 N–H and O–H groups in total. The summed E-state index contributed by atoms with van der Waals surface area (Å²) in [4.78, 5) is 0. The van der Waals surface area contributed by atoms with Crippen LogP contribution in [0.4, 0.5) is 0 Å². The van der Waals surface area contributed by atoms with Gasteiger partial charge in [0.25, 0.3) is 0 Å². The van der Waals surface area contributed by atoms with Crippen molar-refractivity contribution in [3.63, 3.8) is 0 Å². The second-order valence-electron chi connectivity index (χ2n) is 15.5. The van der Waals surface area contributed by atoms with Crippen molar-refractivity contribution in [3.05, 3.63) is 11.1 Å². The molecule has 0 bridgehead atoms. The zero-order chi connectivity index (χ0) is 32.1. The van der Waals surface area contributed by atoms with E-state index in [0.717, 1.165) is 0 Å². The van der Waals surface area contributed by atoms with Crippen LogP contribution in [-0.4, -0.2) is 23.9 Å². The van der Waals surface area contributed by atoms with Gasteiger partial charge >= 0.3 is 29.6 Å². The van der Waals surface area contributed by atoms with Gasteiger partial charge in [0, 0.05) is 10.8 Å². The van der Waals surface area contributed by atoms with Gasteiger partial charge in [-0.15, -0.1) is 11.6 Å². The van der Waals surface area contributed by atoms with Crippen LogP contribution in [0.5, 0.6) is 0 Å². The number of halogens is 1. The van der Waals surface area contributed by atoms with Gasteiger partial charge in [0.2, 0.25) is 10.4 Å². The predicted molar refractivity (Wildman–Crippen MR) is 171 cm³/mol. The van der Waals surface area contributed by atoms with Gasteiger partial charge in [-0.25, -0.2) is 8.42 Å². The minimum absolute atomic E-state index is 0. The Kier molecular flexibility index (Phi) is 14.4. The summed E-state index contributed by atoms with van der Waals surface area (Å²) in [7, 11) is -5.08. The number of hydrogen-bond acceptors (Lipinski definition) is 4. The van der Waals surface area contributed by atoms with E-state index in [9.17, 15) is 13.0 Å². The van der Waals surface area contributed by atoms with Crippen molar-refractivity contribution in [1.29, 1.82) is 0 Å². The molecule has 0 aromatic heterocycles. The Balaban J connectivity index is 0.0000160. The van der Waals surface area contributed by atoms with Crippen LogP contribution in [0, 0.1) is 69.5 Å². The number of allylic oxidation sites excluding steroid dienone is 1. The van der Waals surface area contributed by atoms with Crippen LogP contribution in [0.25, 0.3) is 0 Å². The SMILES string of the molecule is CC(C)C1=C(C(C)C)C(C(C)C)(C(OS(=O)(=O)[O-])(C(C)C)C(C)C)C(C(C)C)(C(C)C)C(C(C)C)(C(C)C)C1Cl.[Na+]. The Morgan fingerprint density at radius 2 is 1.05 bits per heavy atom. The van der Waals surface area contributed by atoms with Crippen LogP contribution in [0.1, 0.15) is 125 Å². The minimum Gasteiger partial charge on any atom is -0.726 e. The maximum atomic E-state index is 13.0. The van der Waals surface area contributed by atoms with Gasteiger partial charge in [0.15, 0.2) is 0 Å². The monoisotopic (exact) mass is 626 g/mol. The van der Waals surface area contributed by atoms with Crippen molar-refractivity contribution >= 4 is 22.0 Å². The summed E-state index contributed by atoms with van der Waals surface area (Å²) in [6, 6.07) is 0. The Bertz CT molecular complexity index is 984. The maximum Gasteiger partial charge on any atom is 1.00 e. The van der Waals surface area contributed by atoms with Gasteiger partial charge in [0.05, 0.1) is 5.38 Å². The normalized spacial score (nSPS) is 23.9. The zero-order valence-corrected chi connectivity index (χ0v) is 33.8. The van der Waals surface area contributed by atoms with E-state index in [2.05, 4.69) is 96.9 Å². The Labute approximate surface area is 283 Å². The fourth-order valence-corrected chi connectivity index (χ4v) is 13.3. The van der Waals surface area contributed by atoms with Crippen LogP contribution < -0.4 is 29.6 Å². The molecule has 0 aromatic carbocycles. The topological polar surface area (TPSA) is 66.4 Å². The molecule has 0 aromatic rings. The molecule has 1 aliphatic carbocycles. The third kappa shape index (κ3) is 5.73. The fraction of sp³-hybridized carbons (Fsp3) is 0.941. The van der Waals surface area contributed by atoms with Crippen LogP contribution in [0.3, 0.4) is 0 Å². The second-order valence-corrected chi connectivity index (χ2v) is 16.9. The summed E-state index contributed by atoms with van der Waals surface area (Å²) < 4.78 is 45.2. The molecule has 0 spiro atoms. The maximum absolute atomic E-state index is 13.0. The Morgan fingerprint density at radius 3 is 1.24 bits per heavy atom. The molecule has 0 aliphatic heterocycles. The van der Waals surface area contributed by atoms with Gasteiger partial charge in [0.1, 0.15) is 5.60 Å². The quantitative estimate of drug-likeness (QED) is 0.0770. The first-order valence-electron chi connectivity index (χ1n) is 15.9. The molecule has 0 heterocycles. The molecule has 0 radical (unpaired) electrons. The molecular weight excluding hydrogens is 563 g/mol. The van der Waals surface area contributed by atoms with Crippen molar-refractivity contribution < 1.29 is 46.7 Å². The summed E-state index contributed by atoms with van der Waals surface area (Å²) in [6.07, 6.45) is 0. The summed E-state index contributed by atoms with van der Waals surface area (Å²) in [5.41, 5.74) is -0.715. The van der Waals surface area contributed by atoms with E-state index < -0.39 is 32.2 Å². The molecule has 2 unspecified atom stereocenters. The molecule has 1 rings (SSSR count). The smallest absolute Gasteiger partial charge is 0.726 e. The Morgan fingerprint density at radius 1 is 0.683 bits per heavy atom. The van der Waals surface area contributed by atoms with E-state index in [1.54, 1.807) is 0 Å². The Hall–Kier alpha value is 0.900. The van der Waals surface area contributed by atoms with E-state index in [0.29, 0.717) is 0 Å². The fourth-order valence-electron chi connectivity index (χ4n) is 11.4. The summed E-state index contributed by atoms with van der Waals surface area (Å²) in [5.74, 6) is 0.108. The van der Waals surface area contributed by atoms with E-state index in [4.69, 9.17) is 15.8 Å². The third-order valence-electron chi connectivity index (χ3n) is 11.2. The van der Waals surface area contributed by atoms with Crippen molar-refractivity contribution in [3.8, 4) is 0 Å². The zero-order valence-electron chi connectivity index (χ0n) is 30.2. The first kappa shape index (κ1) is 41.9. The molecule has 0 fully saturated rings. The van der Waals surface area contributed by atoms with E-state index >= 15 is 0 Å². The molecule has 0 amide bonds. The van der Waals surface area contributed by atoms with Crippen molar-refractivity contribution in [2.24, 2.45) is 69.5 Å². The largest absolute Gasteiger partial charge is 1.00 e. The van der Waals surface area contributed by atoms with Crippen LogP contribution in [0.15, 0.2) is 11.1 Å². The average molecular weight is 627 g/mol. The number of rotatable bonds is 12. The first-order chi connectivity index (χ1) is 17.9. The number of hydrogen-bond donors (Lipinski definition) is 0. The molecule has 4 nitrogen and oxygen atoms in total. The predicted octanol–water partition coefficient (Wildman–Crippen LogP) is 6.99. The minimum atomic E-state index is -5.08. The van der Waals surface area contributed by atoms with Gasteiger partial charge in [-0.05, 0) is 64.2 Å². The molecule has 0 saturated heterocycles. The average Bonchev–Trinajstić information content (AvgIpc) is 2.73. The van der Waals surface area contributed by atoms with Crippen LogP contribution >= 0.6 is 11.6 Å². The van der Waals surface area contributed by atoms with Crippen LogP contribution in [-0.2, 0) is 14.6 Å². The molecular formula is C34H64ClNaO4S. The van der Waals surface area contributed by atoms with Gasteiger partial charge in [-0.3, -0.25) is 4.18 Å². The third-order valence-corrected chi connectivity index (χ3v) is 12.2. The van der Waals surface area contributed by atoms with Crippen molar-refractivity contribution in [2.45, 2.75) is 136 Å². The van der Waals surface area contributed by atoms with Crippen molar-refractivity contribution in [1.82, 2.24) is 0 Å². The molecule has 7 heteroatoms. The molecule has 238 valence electrons. The molecule has 2 atom stereocenters. The second kappa shape index (κ2) is 14.1. The van der Waals surface area contributed by atoms with Crippen LogP contribution in [0.2, 0.25) is 0 Å². The molecule has 0 saturated carbocycles. The molecule has 1 aliphatic rings. The van der Waals surface area contributed by atoms with Crippen molar-refractivity contribution in [2.75, 3.05) is 0 Å². The van der Waals surface area contributed by atoms with Gasteiger partial charge < -0.3 is 4.55 Å². The van der Waals surface area contributed by atoms with Gasteiger partial charge in [-0.1, -0.05) is 130 Å². The molecule has 41 heavy (non-hydrogen) atoms. The summed E-state index contributed by atoms with van der Waals surface area (Å²) >= 11 is 8.00. The standard InChI is InChI=1S/C34H65ClO4S.Na/c1-19(2)28-29(20(3)4)33(25(13)14,34(26(15)16,27(17)18)39-40(36,37)38)32(23(9)10,24(11)12)31(21(5)6,22(7)8)30(28)35;/h19-27,30H,1-18H3,(H,36,37,38);/q;+1/p-1. The summed E-state index contributed by atoms with van der Waals surface area (Å²) in [6.45, 7) is 40.0. The number of alkyl halides is 1. The van der Waals surface area contributed by atoms with E-state index in [-0.39, 0.29) is 88.2 Å². The summed E-state index contributed by atoms with van der Waals surface area (Å²) in [5, 5.41) is -0.262.